The van der Waals surface area contributed by atoms with Crippen molar-refractivity contribution >= 4 is 12.1 Å². The molecule has 2 aromatic rings. The van der Waals surface area contributed by atoms with E-state index in [1.807, 2.05) is 11.0 Å². The molecule has 0 aliphatic heterocycles. The second-order valence-electron chi connectivity index (χ2n) is 6.56. The van der Waals surface area contributed by atoms with E-state index in [2.05, 4.69) is 0 Å². The maximum Gasteiger partial charge on any atom is 0.332 e. The molecular formula is C18H23N3O4. The van der Waals surface area contributed by atoms with Gasteiger partial charge in [0.25, 0.3) is 5.56 Å². The van der Waals surface area contributed by atoms with Crippen LogP contribution in [0.4, 0.5) is 5.82 Å². The zero-order valence-electron chi connectivity index (χ0n) is 14.6. The number of rotatable bonds is 5. The zero-order valence-corrected chi connectivity index (χ0v) is 14.6. The van der Waals surface area contributed by atoms with Gasteiger partial charge in [-0.3, -0.25) is 18.7 Å². The summed E-state index contributed by atoms with van der Waals surface area (Å²) in [6.45, 7) is 0.416. The van der Waals surface area contributed by atoms with Gasteiger partial charge in [0.15, 0.2) is 6.29 Å². The van der Waals surface area contributed by atoms with E-state index in [9.17, 15) is 14.4 Å². The van der Waals surface area contributed by atoms with Crippen LogP contribution in [-0.2, 0) is 20.6 Å². The molecule has 1 aliphatic carbocycles. The molecule has 0 amide bonds. The minimum Gasteiger partial charge on any atom is -0.467 e. The van der Waals surface area contributed by atoms with Crippen molar-refractivity contribution in [2.24, 2.45) is 14.1 Å². The van der Waals surface area contributed by atoms with E-state index in [0.29, 0.717) is 18.6 Å². The van der Waals surface area contributed by atoms with Gasteiger partial charge in [-0.2, -0.15) is 0 Å². The van der Waals surface area contributed by atoms with Crippen molar-refractivity contribution in [3.8, 4) is 0 Å². The van der Waals surface area contributed by atoms with Crippen LogP contribution in [0, 0.1) is 0 Å². The quantitative estimate of drug-likeness (QED) is 0.773. The summed E-state index contributed by atoms with van der Waals surface area (Å²) in [5.74, 6) is 1.11. The van der Waals surface area contributed by atoms with E-state index in [1.165, 1.54) is 18.0 Å². The summed E-state index contributed by atoms with van der Waals surface area (Å²) in [6, 6.07) is 3.82. The predicted molar refractivity (Wildman–Crippen MR) is 94.1 cm³/mol. The van der Waals surface area contributed by atoms with Crippen LogP contribution in [0.3, 0.4) is 0 Å². The molecule has 134 valence electrons. The van der Waals surface area contributed by atoms with Gasteiger partial charge in [-0.25, -0.2) is 4.79 Å². The average Bonchev–Trinajstić information content (AvgIpc) is 3.15. The predicted octanol–water partition coefficient (Wildman–Crippen LogP) is 1.83. The minimum absolute atomic E-state index is 0.0155. The van der Waals surface area contributed by atoms with E-state index >= 15 is 0 Å². The standard InChI is InChI=1S/C18H23N3O4/c1-19-16(15(12-22)17(23)20(2)18(19)24)21(11-14-9-6-10-25-14)13-7-4-3-5-8-13/h6,9-10,12-13H,3-5,7-8,11H2,1-2H3. The lowest BCUT2D eigenvalue weighted by molar-refractivity contribution is 0.112. The smallest absolute Gasteiger partial charge is 0.332 e. The molecule has 0 bridgehead atoms. The van der Waals surface area contributed by atoms with Crippen molar-refractivity contribution in [2.45, 2.75) is 44.7 Å². The molecule has 7 nitrogen and oxygen atoms in total. The highest BCUT2D eigenvalue weighted by atomic mass is 16.3. The fourth-order valence-corrected chi connectivity index (χ4v) is 3.65. The molecule has 1 fully saturated rings. The highest BCUT2D eigenvalue weighted by molar-refractivity contribution is 5.82. The molecule has 0 radical (unpaired) electrons. The van der Waals surface area contributed by atoms with Crippen molar-refractivity contribution in [1.29, 1.82) is 0 Å². The van der Waals surface area contributed by atoms with E-state index in [0.717, 1.165) is 36.0 Å². The Balaban J connectivity index is 2.16. The monoisotopic (exact) mass is 345 g/mol. The Morgan fingerprint density at radius 2 is 1.92 bits per heavy atom. The molecule has 0 saturated heterocycles. The Morgan fingerprint density at radius 3 is 2.52 bits per heavy atom. The van der Waals surface area contributed by atoms with Gasteiger partial charge in [0.05, 0.1) is 12.8 Å². The maximum absolute atomic E-state index is 12.5. The Hall–Kier alpha value is -2.57. The summed E-state index contributed by atoms with van der Waals surface area (Å²) in [4.78, 5) is 38.5. The molecule has 2 heterocycles. The summed E-state index contributed by atoms with van der Waals surface area (Å²) in [7, 11) is 2.99. The van der Waals surface area contributed by atoms with Gasteiger partial charge in [-0.05, 0) is 25.0 Å². The number of nitrogens with zero attached hydrogens (tertiary/aromatic N) is 3. The summed E-state index contributed by atoms with van der Waals surface area (Å²) in [6.07, 6.45) is 7.43. The number of carbonyl (C=O) groups is 1. The second kappa shape index (κ2) is 7.13. The van der Waals surface area contributed by atoms with Gasteiger partial charge >= 0.3 is 5.69 Å². The van der Waals surface area contributed by atoms with Crippen molar-refractivity contribution in [2.75, 3.05) is 4.90 Å². The van der Waals surface area contributed by atoms with Gasteiger partial charge in [0.2, 0.25) is 0 Å². The van der Waals surface area contributed by atoms with Crippen LogP contribution in [0.1, 0.15) is 48.2 Å². The van der Waals surface area contributed by atoms with Crippen molar-refractivity contribution < 1.29 is 9.21 Å². The summed E-state index contributed by atoms with van der Waals surface area (Å²) in [5, 5.41) is 0. The zero-order chi connectivity index (χ0) is 18.0. The molecule has 0 atom stereocenters. The molecular weight excluding hydrogens is 322 g/mol. The van der Waals surface area contributed by atoms with E-state index in [-0.39, 0.29) is 11.6 Å². The lowest BCUT2D eigenvalue weighted by Gasteiger charge is -2.36. The number of anilines is 1. The Kier molecular flexibility index (Phi) is 4.92. The molecule has 0 spiro atoms. The number of aldehydes is 1. The highest BCUT2D eigenvalue weighted by Gasteiger charge is 2.28. The van der Waals surface area contributed by atoms with Gasteiger partial charge in [0.1, 0.15) is 17.1 Å². The van der Waals surface area contributed by atoms with Crippen molar-refractivity contribution in [1.82, 2.24) is 9.13 Å². The van der Waals surface area contributed by atoms with Gasteiger partial charge in [0, 0.05) is 20.1 Å². The number of aromatic nitrogens is 2. The number of hydrogen-bond acceptors (Lipinski definition) is 5. The number of carbonyl (C=O) groups excluding carboxylic acids is 1. The molecule has 2 aromatic heterocycles. The molecule has 0 aromatic carbocycles. The van der Waals surface area contributed by atoms with Crippen LogP contribution in [0.15, 0.2) is 32.4 Å². The second-order valence-corrected chi connectivity index (χ2v) is 6.56. The number of furan rings is 1. The van der Waals surface area contributed by atoms with E-state index in [1.54, 1.807) is 19.4 Å². The first-order chi connectivity index (χ1) is 12.0. The Bertz CT molecular complexity index is 858. The normalized spacial score (nSPS) is 15.3. The van der Waals surface area contributed by atoms with Crippen LogP contribution < -0.4 is 16.1 Å². The molecule has 3 rings (SSSR count). The van der Waals surface area contributed by atoms with E-state index in [4.69, 9.17) is 4.42 Å². The first-order valence-electron chi connectivity index (χ1n) is 8.58. The lowest BCUT2D eigenvalue weighted by atomic mass is 9.93. The molecule has 25 heavy (non-hydrogen) atoms. The third kappa shape index (κ3) is 3.18. The first-order valence-corrected chi connectivity index (χ1v) is 8.58. The summed E-state index contributed by atoms with van der Waals surface area (Å²) < 4.78 is 7.84. The molecule has 0 N–H and O–H groups in total. The van der Waals surface area contributed by atoms with Crippen LogP contribution in [0.25, 0.3) is 0 Å². The van der Waals surface area contributed by atoms with Gasteiger partial charge in [-0.15, -0.1) is 0 Å². The van der Waals surface area contributed by atoms with Crippen LogP contribution in [0.5, 0.6) is 0 Å². The summed E-state index contributed by atoms with van der Waals surface area (Å²) in [5.41, 5.74) is -0.985. The number of hydrogen-bond donors (Lipinski definition) is 0. The minimum atomic E-state index is -0.562. The average molecular weight is 345 g/mol. The van der Waals surface area contributed by atoms with Crippen LogP contribution >= 0.6 is 0 Å². The van der Waals surface area contributed by atoms with Gasteiger partial charge < -0.3 is 9.32 Å². The Labute approximate surface area is 145 Å². The van der Waals surface area contributed by atoms with Crippen LogP contribution in [-0.4, -0.2) is 21.5 Å². The van der Waals surface area contributed by atoms with E-state index < -0.39 is 11.2 Å². The third-order valence-corrected chi connectivity index (χ3v) is 4.98. The van der Waals surface area contributed by atoms with Gasteiger partial charge in [-0.1, -0.05) is 19.3 Å². The SMILES string of the molecule is Cn1c(N(Cc2ccco2)C2CCCCC2)c(C=O)c(=O)n(C)c1=O. The fourth-order valence-electron chi connectivity index (χ4n) is 3.65. The third-order valence-electron chi connectivity index (χ3n) is 4.98. The first kappa shape index (κ1) is 17.3. The Morgan fingerprint density at radius 1 is 1.20 bits per heavy atom. The largest absolute Gasteiger partial charge is 0.467 e. The maximum atomic E-state index is 12.5. The lowest BCUT2D eigenvalue weighted by Crippen LogP contribution is -2.46. The summed E-state index contributed by atoms with van der Waals surface area (Å²) >= 11 is 0. The van der Waals surface area contributed by atoms with Crippen LogP contribution in [0.2, 0.25) is 0 Å². The van der Waals surface area contributed by atoms with Crippen molar-refractivity contribution in [3.05, 3.63) is 50.6 Å². The molecule has 1 aliphatic rings. The highest BCUT2D eigenvalue weighted by Crippen LogP contribution is 2.29. The molecule has 0 unspecified atom stereocenters. The topological polar surface area (TPSA) is 77.5 Å². The molecule has 1 saturated carbocycles. The fraction of sp³-hybridized carbons (Fsp3) is 0.500. The van der Waals surface area contributed by atoms with Crippen molar-refractivity contribution in [3.63, 3.8) is 0 Å². The molecule has 7 heteroatoms.